The summed E-state index contributed by atoms with van der Waals surface area (Å²) in [5, 5.41) is 22.5. The van der Waals surface area contributed by atoms with E-state index in [0.717, 1.165) is 0 Å². The lowest BCUT2D eigenvalue weighted by molar-refractivity contribution is -0.384. The number of halogens is 2. The molecule has 31 heavy (non-hydrogen) atoms. The van der Waals surface area contributed by atoms with E-state index in [2.05, 4.69) is 9.98 Å². The molecule has 11 heteroatoms. The Hall–Kier alpha value is -3.82. The van der Waals surface area contributed by atoms with Crippen molar-refractivity contribution < 1.29 is 9.85 Å². The Kier molecular flexibility index (Phi) is 5.37. The first-order chi connectivity index (χ1) is 14.8. The summed E-state index contributed by atoms with van der Waals surface area (Å²) < 4.78 is 1.70. The van der Waals surface area contributed by atoms with Gasteiger partial charge in [0, 0.05) is 41.7 Å². The average molecular weight is 456 g/mol. The first-order valence-electron chi connectivity index (χ1n) is 8.74. The molecule has 4 rings (SSSR count). The standard InChI is InChI=1S/C20H11Cl2N5O4/c21-15-10-16(22)17(27(30)31)9-13(15)11-23-20-19(24-18-6-1-2-7-25(18)20)12-4-3-5-14(8-12)26(28)29/h1-11H. The van der Waals surface area contributed by atoms with Gasteiger partial charge in [-0.3, -0.25) is 24.6 Å². The number of aromatic nitrogens is 2. The van der Waals surface area contributed by atoms with Crippen molar-refractivity contribution >= 4 is 52.3 Å². The molecule has 0 fully saturated rings. The minimum absolute atomic E-state index is 0.0825. The predicted octanol–water partition coefficient (Wildman–Crippen LogP) is 5.88. The van der Waals surface area contributed by atoms with Crippen LogP contribution >= 0.6 is 23.2 Å². The highest BCUT2D eigenvalue weighted by molar-refractivity contribution is 6.37. The molecule has 0 spiro atoms. The van der Waals surface area contributed by atoms with Gasteiger partial charge in [-0.25, -0.2) is 9.98 Å². The smallest absolute Gasteiger partial charge is 0.284 e. The van der Waals surface area contributed by atoms with Crippen LogP contribution in [0.4, 0.5) is 17.2 Å². The topological polar surface area (TPSA) is 116 Å². The first-order valence-corrected chi connectivity index (χ1v) is 9.50. The summed E-state index contributed by atoms with van der Waals surface area (Å²) in [5.41, 5.74) is 1.38. The van der Waals surface area contributed by atoms with Gasteiger partial charge in [-0.05, 0) is 18.2 Å². The summed E-state index contributed by atoms with van der Waals surface area (Å²) in [5.74, 6) is 0.379. The Morgan fingerprint density at radius 3 is 2.52 bits per heavy atom. The van der Waals surface area contributed by atoms with Crippen LogP contribution in [0.2, 0.25) is 10.0 Å². The number of nitro groups is 2. The van der Waals surface area contributed by atoms with E-state index in [-0.39, 0.29) is 27.0 Å². The maximum absolute atomic E-state index is 11.2. The molecule has 154 valence electrons. The van der Waals surface area contributed by atoms with Crippen molar-refractivity contribution in [2.45, 2.75) is 0 Å². The van der Waals surface area contributed by atoms with E-state index >= 15 is 0 Å². The van der Waals surface area contributed by atoms with E-state index in [1.165, 1.54) is 30.5 Å². The lowest BCUT2D eigenvalue weighted by Crippen LogP contribution is -1.93. The highest BCUT2D eigenvalue weighted by atomic mass is 35.5. The summed E-state index contributed by atoms with van der Waals surface area (Å²) in [6.07, 6.45) is 3.10. The number of pyridine rings is 1. The zero-order valence-electron chi connectivity index (χ0n) is 15.5. The molecule has 0 aliphatic carbocycles. The number of nitro benzene ring substituents is 2. The third-order valence-corrected chi connectivity index (χ3v) is 5.05. The van der Waals surface area contributed by atoms with Gasteiger partial charge in [0.1, 0.15) is 16.4 Å². The van der Waals surface area contributed by atoms with Crippen LogP contribution in [0.1, 0.15) is 5.56 Å². The van der Waals surface area contributed by atoms with Gasteiger partial charge in [0.05, 0.1) is 14.9 Å². The second-order valence-corrected chi connectivity index (χ2v) is 7.18. The molecule has 0 bridgehead atoms. The molecule has 2 aromatic heterocycles. The van der Waals surface area contributed by atoms with Crippen molar-refractivity contribution in [1.29, 1.82) is 0 Å². The van der Waals surface area contributed by atoms with Gasteiger partial charge in [-0.15, -0.1) is 0 Å². The van der Waals surface area contributed by atoms with Crippen molar-refractivity contribution in [3.63, 3.8) is 0 Å². The van der Waals surface area contributed by atoms with Crippen molar-refractivity contribution in [2.75, 3.05) is 0 Å². The third kappa shape index (κ3) is 3.96. The second kappa shape index (κ2) is 8.13. The van der Waals surface area contributed by atoms with Crippen LogP contribution < -0.4 is 0 Å². The monoisotopic (exact) mass is 455 g/mol. The summed E-state index contributed by atoms with van der Waals surface area (Å²) in [6, 6.07) is 13.9. The molecule has 0 aliphatic heterocycles. The Morgan fingerprint density at radius 1 is 0.968 bits per heavy atom. The molecule has 0 saturated heterocycles. The SMILES string of the molecule is O=[N+]([O-])c1cccc(-c2nc3ccccn3c2N=Cc2cc([N+](=O)[O-])c(Cl)cc2Cl)c1. The fourth-order valence-electron chi connectivity index (χ4n) is 2.99. The zero-order valence-corrected chi connectivity index (χ0v) is 17.0. The van der Waals surface area contributed by atoms with Crippen molar-refractivity contribution in [1.82, 2.24) is 9.38 Å². The summed E-state index contributed by atoms with van der Waals surface area (Å²) in [4.78, 5) is 30.3. The Bertz CT molecular complexity index is 1380. The number of rotatable bonds is 5. The van der Waals surface area contributed by atoms with E-state index in [1.807, 2.05) is 0 Å². The molecule has 4 aromatic rings. The van der Waals surface area contributed by atoms with Gasteiger partial charge in [0.15, 0.2) is 5.82 Å². The molecule has 2 aromatic carbocycles. The van der Waals surface area contributed by atoms with Crippen LogP contribution in [0.3, 0.4) is 0 Å². The summed E-state index contributed by atoms with van der Waals surface area (Å²) >= 11 is 12.1. The second-order valence-electron chi connectivity index (χ2n) is 6.36. The van der Waals surface area contributed by atoms with Crippen LogP contribution in [0.25, 0.3) is 16.9 Å². The van der Waals surface area contributed by atoms with Crippen LogP contribution in [0.5, 0.6) is 0 Å². The molecule has 0 aliphatic rings. The van der Waals surface area contributed by atoms with Crippen molar-refractivity contribution in [3.8, 4) is 11.3 Å². The average Bonchev–Trinajstić information content (AvgIpc) is 3.11. The fraction of sp³-hybridized carbons (Fsp3) is 0. The quantitative estimate of drug-likeness (QED) is 0.211. The molecule has 2 heterocycles. The van der Waals surface area contributed by atoms with Gasteiger partial charge < -0.3 is 0 Å². The van der Waals surface area contributed by atoms with Gasteiger partial charge in [-0.2, -0.15) is 0 Å². The molecule has 9 nitrogen and oxygen atoms in total. The first kappa shape index (κ1) is 20.5. The Morgan fingerprint density at radius 2 is 1.77 bits per heavy atom. The molecule has 0 amide bonds. The van der Waals surface area contributed by atoms with Gasteiger partial charge in [-0.1, -0.05) is 41.4 Å². The molecule has 0 radical (unpaired) electrons. The maximum Gasteiger partial charge on any atom is 0.288 e. The van der Waals surface area contributed by atoms with E-state index < -0.39 is 9.85 Å². The number of benzene rings is 2. The molecule has 0 atom stereocenters. The van der Waals surface area contributed by atoms with Crippen LogP contribution in [0, 0.1) is 20.2 Å². The Labute approximate surface area is 184 Å². The number of nitrogens with zero attached hydrogens (tertiary/aromatic N) is 5. The van der Waals surface area contributed by atoms with E-state index in [4.69, 9.17) is 23.2 Å². The number of hydrogen-bond acceptors (Lipinski definition) is 6. The predicted molar refractivity (Wildman–Crippen MR) is 118 cm³/mol. The van der Waals surface area contributed by atoms with Gasteiger partial charge >= 0.3 is 0 Å². The highest BCUT2D eigenvalue weighted by Crippen LogP contribution is 2.34. The summed E-state index contributed by atoms with van der Waals surface area (Å²) in [7, 11) is 0. The number of fused-ring (bicyclic) bond motifs is 1. The lowest BCUT2D eigenvalue weighted by atomic mass is 10.1. The van der Waals surface area contributed by atoms with E-state index in [1.54, 1.807) is 40.9 Å². The van der Waals surface area contributed by atoms with Gasteiger partial charge in [0.25, 0.3) is 11.4 Å². The minimum atomic E-state index is -0.612. The Balaban J connectivity index is 1.88. The normalized spacial score (nSPS) is 11.3. The molecule has 0 unspecified atom stereocenters. The van der Waals surface area contributed by atoms with Crippen molar-refractivity contribution in [2.24, 2.45) is 4.99 Å². The number of hydrogen-bond donors (Lipinski definition) is 0. The number of imidazole rings is 1. The molecule has 0 saturated carbocycles. The molecular formula is C20H11Cl2N5O4. The fourth-order valence-corrected chi connectivity index (χ4v) is 3.49. The van der Waals surface area contributed by atoms with Crippen LogP contribution in [-0.2, 0) is 0 Å². The van der Waals surface area contributed by atoms with Gasteiger partial charge in [0.2, 0.25) is 0 Å². The van der Waals surface area contributed by atoms with E-state index in [0.29, 0.717) is 22.7 Å². The van der Waals surface area contributed by atoms with Crippen LogP contribution in [-0.4, -0.2) is 25.4 Å². The van der Waals surface area contributed by atoms with E-state index in [9.17, 15) is 20.2 Å². The number of non-ortho nitro benzene ring substituents is 1. The van der Waals surface area contributed by atoms with Crippen LogP contribution in [0.15, 0.2) is 65.8 Å². The molecule has 0 N–H and O–H groups in total. The lowest BCUT2D eigenvalue weighted by Gasteiger charge is -2.03. The number of aliphatic imine (C=N–C) groups is 1. The third-order valence-electron chi connectivity index (χ3n) is 4.42. The summed E-state index contributed by atoms with van der Waals surface area (Å²) in [6.45, 7) is 0. The largest absolute Gasteiger partial charge is 0.288 e. The minimum Gasteiger partial charge on any atom is -0.284 e. The maximum atomic E-state index is 11.2. The molecular weight excluding hydrogens is 445 g/mol. The van der Waals surface area contributed by atoms with Crippen molar-refractivity contribution in [3.05, 3.63) is 96.6 Å². The zero-order chi connectivity index (χ0) is 22.1. The highest BCUT2D eigenvalue weighted by Gasteiger charge is 2.18.